The van der Waals surface area contributed by atoms with Crippen LogP contribution in [0.5, 0.6) is 0 Å². The third-order valence-electron chi connectivity index (χ3n) is 1.51. The van der Waals surface area contributed by atoms with Gasteiger partial charge in [-0.25, -0.2) is 4.98 Å². The molecule has 16 heavy (non-hydrogen) atoms. The minimum Gasteiger partial charge on any atom is -0.772 e. The van der Waals surface area contributed by atoms with Crippen molar-refractivity contribution in [3.8, 4) is 6.19 Å². The smallest absolute Gasteiger partial charge is 0.464 e. The average molecular weight is 269 g/mol. The normalized spacial score (nSPS) is 14.4. The van der Waals surface area contributed by atoms with E-state index in [2.05, 4.69) is 4.98 Å². The van der Waals surface area contributed by atoms with Gasteiger partial charge in [-0.15, -0.1) is 11.3 Å². The number of thiazole rings is 1. The molecule has 0 fully saturated rings. The second kappa shape index (κ2) is 4.90. The van der Waals surface area contributed by atoms with Crippen LogP contribution in [0.25, 0.3) is 0 Å². The lowest BCUT2D eigenvalue weighted by molar-refractivity contribution is -0.379. The zero-order chi connectivity index (χ0) is 12.3. The topological polar surface area (TPSA) is 62.8 Å². The first kappa shape index (κ1) is 13.1. The summed E-state index contributed by atoms with van der Waals surface area (Å²) in [5.74, 6) is -0.141. The number of halogens is 3. The summed E-state index contributed by atoms with van der Waals surface area (Å²) in [7, 11) is -0.360. The maximum Gasteiger partial charge on any atom is 0.464 e. The highest BCUT2D eigenvalue weighted by molar-refractivity contribution is 7.78. The van der Waals surface area contributed by atoms with E-state index in [9.17, 15) is 17.7 Å². The highest BCUT2D eigenvalue weighted by atomic mass is 32.2. The third kappa shape index (κ3) is 3.26. The minimum atomic E-state index is -4.48. The van der Waals surface area contributed by atoms with Crippen LogP contribution in [-0.2, 0) is 22.9 Å². The van der Waals surface area contributed by atoms with Gasteiger partial charge in [0.25, 0.3) is 0 Å². The van der Waals surface area contributed by atoms with Gasteiger partial charge in [-0.3, -0.25) is 0 Å². The Hall–Kier alpha value is -0.980. The molecule has 0 aliphatic carbocycles. The van der Waals surface area contributed by atoms with E-state index >= 15 is 0 Å². The van der Waals surface area contributed by atoms with Crippen LogP contribution in [0.4, 0.5) is 13.2 Å². The van der Waals surface area contributed by atoms with Crippen LogP contribution in [0.1, 0.15) is 9.88 Å². The molecule has 88 valence electrons. The number of nitriles is 1. The van der Waals surface area contributed by atoms with Gasteiger partial charge in [0.2, 0.25) is 0 Å². The summed E-state index contributed by atoms with van der Waals surface area (Å²) in [6.45, 7) is 0. The molecule has 9 heteroatoms. The Labute approximate surface area is 95.9 Å². The van der Waals surface area contributed by atoms with Crippen LogP contribution < -0.4 is 0 Å². The van der Waals surface area contributed by atoms with Crippen LogP contribution >= 0.6 is 11.3 Å². The van der Waals surface area contributed by atoms with Crippen molar-refractivity contribution in [1.82, 2.24) is 4.98 Å². The van der Waals surface area contributed by atoms with Gasteiger partial charge in [-0.1, -0.05) is 11.0 Å². The number of alkyl halides is 3. The Morgan fingerprint density at radius 2 is 2.31 bits per heavy atom. The molecule has 1 atom stereocenters. The van der Waals surface area contributed by atoms with Crippen molar-refractivity contribution in [2.75, 3.05) is 7.05 Å². The molecule has 0 bridgehead atoms. The Morgan fingerprint density at radius 3 is 2.75 bits per heavy atom. The van der Waals surface area contributed by atoms with Crippen molar-refractivity contribution in [3.05, 3.63) is 16.1 Å². The summed E-state index contributed by atoms with van der Waals surface area (Å²) in [5, 5.41) is 7.44. The van der Waals surface area contributed by atoms with Gasteiger partial charge in [0.15, 0.2) is 10.3 Å². The fraction of sp³-hybridized carbons (Fsp3) is 0.429. The fourth-order valence-electron chi connectivity index (χ4n) is 0.769. The predicted molar refractivity (Wildman–Crippen MR) is 50.8 cm³/mol. The van der Waals surface area contributed by atoms with Crippen LogP contribution in [0, 0.1) is 11.5 Å². The van der Waals surface area contributed by atoms with Crippen LogP contribution in [0.15, 0.2) is 6.20 Å². The highest BCUT2D eigenvalue weighted by Gasteiger charge is 2.34. The van der Waals surface area contributed by atoms with Crippen LogP contribution in [0.2, 0.25) is 0 Å². The molecule has 1 unspecified atom stereocenters. The summed E-state index contributed by atoms with van der Waals surface area (Å²) >= 11 is 0.431. The van der Waals surface area contributed by atoms with Crippen LogP contribution in [0.3, 0.4) is 0 Å². The second-order valence-corrected chi connectivity index (χ2v) is 5.29. The molecule has 0 radical (unpaired) electrons. The molecule has 1 aromatic rings. The van der Waals surface area contributed by atoms with Crippen molar-refractivity contribution in [3.63, 3.8) is 0 Å². The largest absolute Gasteiger partial charge is 0.772 e. The quantitative estimate of drug-likeness (QED) is 0.466. The predicted octanol–water partition coefficient (Wildman–Crippen LogP) is 1.72. The van der Waals surface area contributed by atoms with Crippen molar-refractivity contribution < 1.29 is 21.7 Å². The molecule has 1 rings (SSSR count). The lowest BCUT2D eigenvalue weighted by Crippen LogP contribution is -2.06. The van der Waals surface area contributed by atoms with E-state index in [1.165, 1.54) is 7.05 Å². The first-order chi connectivity index (χ1) is 7.34. The summed E-state index contributed by atoms with van der Waals surface area (Å²) < 4.78 is 48.7. The first-order valence-electron chi connectivity index (χ1n) is 3.88. The molecular formula is C7H6F3N3OS2. The van der Waals surface area contributed by atoms with Crippen molar-refractivity contribution in [1.29, 1.82) is 5.26 Å². The van der Waals surface area contributed by atoms with E-state index < -0.39 is 22.2 Å². The van der Waals surface area contributed by atoms with Crippen molar-refractivity contribution in [2.45, 2.75) is 11.9 Å². The lowest BCUT2D eigenvalue weighted by Gasteiger charge is -2.08. The second-order valence-electron chi connectivity index (χ2n) is 2.69. The molecule has 0 aliphatic rings. The zero-order valence-corrected chi connectivity index (χ0v) is 9.62. The van der Waals surface area contributed by atoms with Gasteiger partial charge in [0, 0.05) is 16.8 Å². The molecule has 0 N–H and O–H groups in total. The SMILES string of the molecule is C[N+](C#N)=S([O-])Cc1cnc(C(F)(F)F)s1. The Bertz CT molecular complexity index is 460. The van der Waals surface area contributed by atoms with Crippen LogP contribution in [-0.4, -0.2) is 20.5 Å². The van der Waals surface area contributed by atoms with E-state index in [1.807, 2.05) is 0 Å². The zero-order valence-electron chi connectivity index (χ0n) is 7.98. The number of aromatic nitrogens is 1. The van der Waals surface area contributed by atoms with E-state index in [-0.39, 0.29) is 10.6 Å². The van der Waals surface area contributed by atoms with Gasteiger partial charge < -0.3 is 4.55 Å². The number of hydrogen-bond donors (Lipinski definition) is 0. The molecular weight excluding hydrogens is 263 g/mol. The van der Waals surface area contributed by atoms with Gasteiger partial charge in [-0.2, -0.15) is 17.1 Å². The third-order valence-corrected chi connectivity index (χ3v) is 3.98. The minimum absolute atomic E-state index is 0.141. The molecule has 4 nitrogen and oxygen atoms in total. The Kier molecular flexibility index (Phi) is 4.01. The maximum absolute atomic E-state index is 12.2. The summed E-state index contributed by atoms with van der Waals surface area (Å²) in [5.41, 5.74) is 0. The fourth-order valence-corrected chi connectivity index (χ4v) is 2.49. The Balaban J connectivity index is 2.86. The van der Waals surface area contributed by atoms with Crippen molar-refractivity contribution in [2.24, 2.45) is 0 Å². The molecule has 0 saturated heterocycles. The maximum atomic E-state index is 12.2. The molecule has 0 aromatic carbocycles. The van der Waals surface area contributed by atoms with Gasteiger partial charge >= 0.3 is 12.4 Å². The highest BCUT2D eigenvalue weighted by Crippen LogP contribution is 2.32. The lowest BCUT2D eigenvalue weighted by atomic mass is 10.6. The van der Waals surface area contributed by atoms with Gasteiger partial charge in [-0.05, 0) is 0 Å². The molecule has 0 amide bonds. The van der Waals surface area contributed by atoms with E-state index in [1.54, 1.807) is 6.19 Å². The van der Waals surface area contributed by atoms with E-state index in [0.29, 0.717) is 11.3 Å². The standard InChI is InChI=1S/C7H6F3N3OS2/c1-13(4-11)16(14)3-5-2-12-6(15-5)7(8,9)10/h2H,3H2,1H3. The summed E-state index contributed by atoms with van der Waals surface area (Å²) in [6.07, 6.45) is -1.84. The molecule has 0 spiro atoms. The van der Waals surface area contributed by atoms with E-state index in [4.69, 9.17) is 5.26 Å². The number of hydrogen-bond acceptors (Lipinski definition) is 4. The molecule has 1 heterocycles. The molecule has 0 saturated carbocycles. The number of nitrogens with zero attached hydrogens (tertiary/aromatic N) is 3. The Morgan fingerprint density at radius 1 is 1.69 bits per heavy atom. The van der Waals surface area contributed by atoms with Gasteiger partial charge in [0.05, 0.1) is 7.05 Å². The monoisotopic (exact) mass is 269 g/mol. The van der Waals surface area contributed by atoms with Crippen molar-refractivity contribution >= 4 is 22.3 Å². The molecule has 1 aromatic heterocycles. The summed E-state index contributed by atoms with van der Waals surface area (Å²) in [4.78, 5) is 3.41. The first-order valence-corrected chi connectivity index (χ1v) is 5.97. The summed E-state index contributed by atoms with van der Waals surface area (Å²) in [6, 6.07) is 0. The number of rotatable bonds is 2. The molecule has 0 aliphatic heterocycles. The van der Waals surface area contributed by atoms with Gasteiger partial charge in [0.1, 0.15) is 0 Å². The van der Waals surface area contributed by atoms with E-state index in [0.717, 1.165) is 10.1 Å². The average Bonchev–Trinajstić information content (AvgIpc) is 2.64.